The second kappa shape index (κ2) is 7.37. The number of primary amides is 2. The highest BCUT2D eigenvalue weighted by Crippen LogP contribution is 2.30. The van der Waals surface area contributed by atoms with Crippen molar-refractivity contribution in [1.82, 2.24) is 4.90 Å². The van der Waals surface area contributed by atoms with Crippen molar-refractivity contribution in [3.8, 4) is 0 Å². The highest BCUT2D eigenvalue weighted by Gasteiger charge is 2.29. The first-order valence-electron chi connectivity index (χ1n) is 6.47. The normalized spacial score (nSPS) is 14.2. The van der Waals surface area contributed by atoms with E-state index in [-0.39, 0.29) is 25.2 Å². The third-order valence-electron chi connectivity index (χ3n) is 3.04. The molecule has 0 saturated heterocycles. The quantitative estimate of drug-likeness (QED) is 0.631. The first kappa shape index (κ1) is 16.6. The monoisotopic (exact) mass is 298 g/mol. The van der Waals surface area contributed by atoms with Crippen molar-refractivity contribution in [1.29, 1.82) is 0 Å². The summed E-state index contributed by atoms with van der Waals surface area (Å²) in [7, 11) is 0. The second-order valence-electron chi connectivity index (χ2n) is 4.80. The van der Waals surface area contributed by atoms with Crippen LogP contribution in [0.15, 0.2) is 12.1 Å². The molecule has 6 N–H and O–H groups in total. The number of thiophene rings is 1. The molecular formula is C13H22N4O2S. The number of amides is 2. The van der Waals surface area contributed by atoms with Gasteiger partial charge < -0.3 is 17.2 Å². The maximum Gasteiger partial charge on any atom is 0.231 e. The highest BCUT2D eigenvalue weighted by molar-refractivity contribution is 7.12. The molecule has 2 atom stereocenters. The Bertz CT molecular complexity index is 459. The number of rotatable bonds is 8. The van der Waals surface area contributed by atoms with Crippen molar-refractivity contribution in [2.24, 2.45) is 17.2 Å². The largest absolute Gasteiger partial charge is 0.369 e. The zero-order chi connectivity index (χ0) is 15.3. The smallest absolute Gasteiger partial charge is 0.231 e. The van der Waals surface area contributed by atoms with Gasteiger partial charge in [-0.2, -0.15) is 0 Å². The lowest BCUT2D eigenvalue weighted by Crippen LogP contribution is -2.47. The fourth-order valence-electron chi connectivity index (χ4n) is 2.15. The molecule has 0 aliphatic rings. The van der Waals surface area contributed by atoms with Gasteiger partial charge in [0.15, 0.2) is 0 Å². The van der Waals surface area contributed by atoms with E-state index >= 15 is 0 Å². The molecule has 112 valence electrons. The van der Waals surface area contributed by atoms with E-state index in [1.165, 1.54) is 0 Å². The molecule has 1 heterocycles. The zero-order valence-electron chi connectivity index (χ0n) is 11.8. The van der Waals surface area contributed by atoms with Gasteiger partial charge >= 0.3 is 0 Å². The predicted molar refractivity (Wildman–Crippen MR) is 80.0 cm³/mol. The van der Waals surface area contributed by atoms with Crippen molar-refractivity contribution in [2.45, 2.75) is 32.4 Å². The van der Waals surface area contributed by atoms with Crippen molar-refractivity contribution in [3.63, 3.8) is 0 Å². The predicted octanol–water partition coefficient (Wildman–Crippen LogP) is 0.108. The summed E-state index contributed by atoms with van der Waals surface area (Å²) in [5, 5.41) is 0. The van der Waals surface area contributed by atoms with E-state index < -0.39 is 11.8 Å². The lowest BCUT2D eigenvalue weighted by Gasteiger charge is -2.33. The lowest BCUT2D eigenvalue weighted by atomic mass is 10.0. The molecule has 0 fully saturated rings. The molecule has 7 heteroatoms. The Kier molecular flexibility index (Phi) is 6.12. The fraction of sp³-hybridized carbons (Fsp3) is 0.538. The molecule has 0 aromatic carbocycles. The molecule has 0 saturated carbocycles. The van der Waals surface area contributed by atoms with Crippen LogP contribution in [0.3, 0.4) is 0 Å². The van der Waals surface area contributed by atoms with Gasteiger partial charge in [0.05, 0.1) is 19.1 Å². The van der Waals surface area contributed by atoms with E-state index in [0.717, 1.165) is 16.2 Å². The van der Waals surface area contributed by atoms with Gasteiger partial charge in [-0.15, -0.1) is 11.3 Å². The summed E-state index contributed by atoms with van der Waals surface area (Å²) in [5.74, 6) is -1.01. The third-order valence-corrected chi connectivity index (χ3v) is 4.11. The molecule has 0 aliphatic heterocycles. The maximum absolute atomic E-state index is 11.2. The van der Waals surface area contributed by atoms with Crippen LogP contribution < -0.4 is 17.2 Å². The topological polar surface area (TPSA) is 115 Å². The minimum absolute atomic E-state index is 0.0434. The van der Waals surface area contributed by atoms with Crippen molar-refractivity contribution in [2.75, 3.05) is 13.1 Å². The Labute approximate surface area is 122 Å². The van der Waals surface area contributed by atoms with Crippen LogP contribution in [-0.4, -0.2) is 35.8 Å². The average Bonchev–Trinajstić information content (AvgIpc) is 2.74. The Morgan fingerprint density at radius 2 is 1.80 bits per heavy atom. The van der Waals surface area contributed by atoms with Crippen LogP contribution >= 0.6 is 11.3 Å². The van der Waals surface area contributed by atoms with E-state index in [9.17, 15) is 9.59 Å². The molecule has 1 aromatic heterocycles. The van der Waals surface area contributed by atoms with E-state index in [2.05, 4.69) is 0 Å². The second-order valence-corrected chi connectivity index (χ2v) is 6.12. The molecule has 20 heavy (non-hydrogen) atoms. The summed E-state index contributed by atoms with van der Waals surface area (Å²) in [4.78, 5) is 26.3. The number of hydrogen-bond acceptors (Lipinski definition) is 5. The molecule has 2 unspecified atom stereocenters. The van der Waals surface area contributed by atoms with Gasteiger partial charge in [-0.05, 0) is 25.5 Å². The number of carbonyl (C=O) groups is 2. The Hall–Kier alpha value is -1.44. The zero-order valence-corrected chi connectivity index (χ0v) is 12.7. The molecule has 1 aromatic rings. The summed E-state index contributed by atoms with van der Waals surface area (Å²) in [6.07, 6.45) is 0.718. The summed E-state index contributed by atoms with van der Waals surface area (Å²) >= 11 is 1.60. The Morgan fingerprint density at radius 3 is 2.15 bits per heavy atom. The molecule has 1 rings (SSSR count). The number of nitrogens with two attached hydrogens (primary N) is 3. The van der Waals surface area contributed by atoms with E-state index in [1.54, 1.807) is 16.2 Å². The van der Waals surface area contributed by atoms with Crippen molar-refractivity contribution in [3.05, 3.63) is 21.9 Å². The van der Waals surface area contributed by atoms with Crippen LogP contribution in [0.25, 0.3) is 0 Å². The van der Waals surface area contributed by atoms with Gasteiger partial charge in [-0.1, -0.05) is 6.92 Å². The highest BCUT2D eigenvalue weighted by atomic mass is 32.1. The van der Waals surface area contributed by atoms with Gasteiger partial charge in [0.1, 0.15) is 0 Å². The number of nitrogens with zero attached hydrogens (tertiary/aromatic N) is 1. The minimum atomic E-state index is -0.507. The molecule has 0 aliphatic carbocycles. The summed E-state index contributed by atoms with van der Waals surface area (Å²) in [5.41, 5.74) is 16.7. The van der Waals surface area contributed by atoms with Crippen LogP contribution in [0.2, 0.25) is 0 Å². The average molecular weight is 298 g/mol. The van der Waals surface area contributed by atoms with Crippen LogP contribution in [0, 0.1) is 6.92 Å². The molecule has 0 spiro atoms. The summed E-state index contributed by atoms with van der Waals surface area (Å²) in [6.45, 7) is 3.87. The first-order chi connectivity index (χ1) is 9.35. The fourth-order valence-corrected chi connectivity index (χ4v) is 3.24. The third kappa shape index (κ3) is 4.59. The standard InChI is InChI=1S/C13H22N4O2S/c1-3-9(14)13(10-5-4-8(2)20-10)17(6-11(15)18)7-12(16)19/h4-5,9,13H,3,6-7,14H2,1-2H3,(H2,15,18)(H2,16,19). The van der Waals surface area contributed by atoms with E-state index in [0.29, 0.717) is 0 Å². The minimum Gasteiger partial charge on any atom is -0.369 e. The lowest BCUT2D eigenvalue weighted by molar-refractivity contribution is -0.123. The number of hydrogen-bond donors (Lipinski definition) is 3. The van der Waals surface area contributed by atoms with Gasteiger partial charge in [-0.25, -0.2) is 0 Å². The van der Waals surface area contributed by atoms with Crippen LogP contribution in [-0.2, 0) is 9.59 Å². The van der Waals surface area contributed by atoms with Gasteiger partial charge in [0.25, 0.3) is 0 Å². The van der Waals surface area contributed by atoms with Crippen LogP contribution in [0.4, 0.5) is 0 Å². The Balaban J connectivity index is 3.09. The van der Waals surface area contributed by atoms with Gasteiger partial charge in [0, 0.05) is 15.8 Å². The van der Waals surface area contributed by atoms with Crippen LogP contribution in [0.5, 0.6) is 0 Å². The summed E-state index contributed by atoms with van der Waals surface area (Å²) < 4.78 is 0. The maximum atomic E-state index is 11.2. The molecule has 2 amide bonds. The van der Waals surface area contributed by atoms with Crippen LogP contribution in [0.1, 0.15) is 29.1 Å². The van der Waals surface area contributed by atoms with Gasteiger partial charge in [0.2, 0.25) is 11.8 Å². The number of aryl methyl sites for hydroxylation is 1. The first-order valence-corrected chi connectivity index (χ1v) is 7.29. The van der Waals surface area contributed by atoms with Crippen molar-refractivity contribution < 1.29 is 9.59 Å². The summed E-state index contributed by atoms with van der Waals surface area (Å²) in [6, 6.07) is 3.52. The molecular weight excluding hydrogens is 276 g/mol. The Morgan fingerprint density at radius 1 is 1.25 bits per heavy atom. The molecule has 6 nitrogen and oxygen atoms in total. The molecule has 0 radical (unpaired) electrons. The SMILES string of the molecule is CCC(N)C(c1ccc(C)s1)N(CC(N)=O)CC(N)=O. The van der Waals surface area contributed by atoms with E-state index in [4.69, 9.17) is 17.2 Å². The number of carbonyl (C=O) groups excluding carboxylic acids is 2. The van der Waals surface area contributed by atoms with Gasteiger partial charge in [-0.3, -0.25) is 14.5 Å². The molecule has 0 bridgehead atoms. The van der Waals surface area contributed by atoms with E-state index in [1.807, 2.05) is 26.0 Å². The van der Waals surface area contributed by atoms with Crippen molar-refractivity contribution >= 4 is 23.2 Å².